The van der Waals surface area contributed by atoms with E-state index in [4.69, 9.17) is 5.73 Å². The smallest absolute Gasteiger partial charge is 0.218 e. The van der Waals surface area contributed by atoms with E-state index in [0.717, 1.165) is 13.1 Å². The molecule has 0 radical (unpaired) electrons. The quantitative estimate of drug-likeness (QED) is 0.709. The van der Waals surface area contributed by atoms with E-state index in [1.54, 1.807) is 0 Å². The van der Waals surface area contributed by atoms with E-state index in [-0.39, 0.29) is 5.91 Å². The van der Waals surface area contributed by atoms with Crippen molar-refractivity contribution in [3.05, 3.63) is 23.0 Å². The number of nitrogens with zero attached hydrogens (tertiary/aromatic N) is 1. The fraction of sp³-hybridized carbons (Fsp3) is 0.583. The van der Waals surface area contributed by atoms with Gasteiger partial charge in [-0.1, -0.05) is 0 Å². The molecule has 0 saturated heterocycles. The number of aromatic nitrogens is 1. The lowest BCUT2D eigenvalue weighted by atomic mass is 10.2. The Hall–Kier alpha value is -1.29. The van der Waals surface area contributed by atoms with Crippen molar-refractivity contribution in [1.29, 1.82) is 0 Å². The fourth-order valence-electron chi connectivity index (χ4n) is 1.97. The first kappa shape index (κ1) is 12.8. The fourth-order valence-corrected chi connectivity index (χ4v) is 1.97. The second kappa shape index (κ2) is 5.70. The molecule has 1 rings (SSSR count). The van der Waals surface area contributed by atoms with Gasteiger partial charge in [-0.25, -0.2) is 0 Å². The number of hydrogen-bond donors (Lipinski definition) is 2. The number of carbonyl (C=O) groups is 1. The number of nitrogens with one attached hydrogen (secondary N) is 1. The molecule has 0 aliphatic rings. The molecular formula is C12H21N3O. The molecule has 1 aromatic rings. The Labute approximate surface area is 96.8 Å². The summed E-state index contributed by atoms with van der Waals surface area (Å²) in [7, 11) is 0. The number of amides is 1. The average Bonchev–Trinajstić information content (AvgIpc) is 2.48. The molecule has 0 aromatic carbocycles. The number of nitrogens with two attached hydrogens (primary N) is 1. The topological polar surface area (TPSA) is 60.1 Å². The summed E-state index contributed by atoms with van der Waals surface area (Å²) in [5.74, 6) is -0.258. The highest BCUT2D eigenvalue weighted by molar-refractivity contribution is 5.73. The van der Waals surface area contributed by atoms with Gasteiger partial charge in [0.05, 0.1) is 0 Å². The van der Waals surface area contributed by atoms with Gasteiger partial charge in [-0.3, -0.25) is 4.79 Å². The minimum Gasteiger partial charge on any atom is -0.370 e. The standard InChI is InChI=1S/C12H21N3O/c1-4-15-9(2)7-11(10(15)3)8-14-6-5-12(13)16/h7,14H,4-6,8H2,1-3H3,(H2,13,16). The first-order valence-electron chi connectivity index (χ1n) is 5.70. The predicted octanol–water partition coefficient (Wildman–Crippen LogP) is 1.09. The van der Waals surface area contributed by atoms with Gasteiger partial charge in [0, 0.05) is 37.4 Å². The highest BCUT2D eigenvalue weighted by Crippen LogP contribution is 2.14. The van der Waals surface area contributed by atoms with Crippen LogP contribution in [0.5, 0.6) is 0 Å². The van der Waals surface area contributed by atoms with Gasteiger partial charge in [0.25, 0.3) is 0 Å². The summed E-state index contributed by atoms with van der Waals surface area (Å²) >= 11 is 0. The van der Waals surface area contributed by atoms with Gasteiger partial charge in [-0.05, 0) is 32.4 Å². The SMILES string of the molecule is CCn1c(C)cc(CNCCC(N)=O)c1C. The van der Waals surface area contributed by atoms with Crippen LogP contribution in [0.25, 0.3) is 0 Å². The van der Waals surface area contributed by atoms with E-state index < -0.39 is 0 Å². The number of primary amides is 1. The van der Waals surface area contributed by atoms with Crippen LogP contribution < -0.4 is 11.1 Å². The molecule has 1 aromatic heterocycles. The lowest BCUT2D eigenvalue weighted by molar-refractivity contribution is -0.117. The van der Waals surface area contributed by atoms with Crippen LogP contribution >= 0.6 is 0 Å². The van der Waals surface area contributed by atoms with Gasteiger partial charge in [-0.15, -0.1) is 0 Å². The van der Waals surface area contributed by atoms with E-state index in [1.165, 1.54) is 17.0 Å². The Kier molecular flexibility index (Phi) is 4.55. The van der Waals surface area contributed by atoms with Crippen LogP contribution in [0.15, 0.2) is 6.07 Å². The van der Waals surface area contributed by atoms with Crippen molar-refractivity contribution in [2.75, 3.05) is 6.54 Å². The van der Waals surface area contributed by atoms with Crippen molar-refractivity contribution in [2.24, 2.45) is 5.73 Å². The van der Waals surface area contributed by atoms with Crippen molar-refractivity contribution in [1.82, 2.24) is 9.88 Å². The van der Waals surface area contributed by atoms with Crippen molar-refractivity contribution >= 4 is 5.91 Å². The maximum absolute atomic E-state index is 10.6. The van der Waals surface area contributed by atoms with Gasteiger partial charge >= 0.3 is 0 Å². The molecule has 1 amide bonds. The van der Waals surface area contributed by atoms with Crippen LogP contribution in [0.2, 0.25) is 0 Å². The minimum absolute atomic E-state index is 0.258. The van der Waals surface area contributed by atoms with Crippen molar-refractivity contribution in [2.45, 2.75) is 40.3 Å². The zero-order chi connectivity index (χ0) is 12.1. The first-order chi connectivity index (χ1) is 7.56. The van der Waals surface area contributed by atoms with Gasteiger partial charge in [0.2, 0.25) is 5.91 Å². The molecule has 0 spiro atoms. The number of aryl methyl sites for hydroxylation is 1. The van der Waals surface area contributed by atoms with Crippen LogP contribution in [0.4, 0.5) is 0 Å². The molecule has 1 heterocycles. The maximum atomic E-state index is 10.6. The summed E-state index contributed by atoms with van der Waals surface area (Å²) in [4.78, 5) is 10.6. The Bertz CT molecular complexity index is 369. The van der Waals surface area contributed by atoms with Crippen LogP contribution in [0, 0.1) is 13.8 Å². The average molecular weight is 223 g/mol. The van der Waals surface area contributed by atoms with E-state index in [9.17, 15) is 4.79 Å². The molecule has 90 valence electrons. The largest absolute Gasteiger partial charge is 0.370 e. The zero-order valence-electron chi connectivity index (χ0n) is 10.3. The maximum Gasteiger partial charge on any atom is 0.218 e. The summed E-state index contributed by atoms with van der Waals surface area (Å²) in [5.41, 5.74) is 8.95. The third kappa shape index (κ3) is 3.10. The Morgan fingerprint density at radius 3 is 2.69 bits per heavy atom. The molecule has 4 nitrogen and oxygen atoms in total. The second-order valence-electron chi connectivity index (χ2n) is 4.03. The Morgan fingerprint density at radius 2 is 2.19 bits per heavy atom. The van der Waals surface area contributed by atoms with Crippen molar-refractivity contribution in [3.63, 3.8) is 0 Å². The number of rotatable bonds is 6. The van der Waals surface area contributed by atoms with E-state index in [0.29, 0.717) is 13.0 Å². The van der Waals surface area contributed by atoms with Crippen molar-refractivity contribution < 1.29 is 4.79 Å². The van der Waals surface area contributed by atoms with Crippen LogP contribution in [0.3, 0.4) is 0 Å². The molecule has 0 saturated carbocycles. The monoisotopic (exact) mass is 223 g/mol. The highest BCUT2D eigenvalue weighted by atomic mass is 16.1. The second-order valence-corrected chi connectivity index (χ2v) is 4.03. The lowest BCUT2D eigenvalue weighted by Gasteiger charge is -2.06. The van der Waals surface area contributed by atoms with Crippen LogP contribution in [0.1, 0.15) is 30.3 Å². The van der Waals surface area contributed by atoms with Gasteiger partial charge in [-0.2, -0.15) is 0 Å². The molecule has 0 fully saturated rings. The molecular weight excluding hydrogens is 202 g/mol. The van der Waals surface area contributed by atoms with E-state index in [2.05, 4.69) is 36.7 Å². The summed E-state index contributed by atoms with van der Waals surface area (Å²) in [6.07, 6.45) is 0.395. The van der Waals surface area contributed by atoms with Gasteiger partial charge < -0.3 is 15.6 Å². The molecule has 0 aliphatic carbocycles. The molecule has 0 unspecified atom stereocenters. The van der Waals surface area contributed by atoms with E-state index >= 15 is 0 Å². The molecule has 16 heavy (non-hydrogen) atoms. The summed E-state index contributed by atoms with van der Waals surface area (Å²) < 4.78 is 2.28. The number of hydrogen-bond acceptors (Lipinski definition) is 2. The highest BCUT2D eigenvalue weighted by Gasteiger charge is 2.06. The third-order valence-corrected chi connectivity index (χ3v) is 2.86. The number of carbonyl (C=O) groups excluding carboxylic acids is 1. The zero-order valence-corrected chi connectivity index (χ0v) is 10.3. The first-order valence-corrected chi connectivity index (χ1v) is 5.70. The predicted molar refractivity (Wildman–Crippen MR) is 65.1 cm³/mol. The normalized spacial score (nSPS) is 10.7. The third-order valence-electron chi connectivity index (χ3n) is 2.86. The lowest BCUT2D eigenvalue weighted by Crippen LogP contribution is -2.21. The van der Waals surface area contributed by atoms with Crippen LogP contribution in [-0.2, 0) is 17.9 Å². The molecule has 4 heteroatoms. The molecule has 0 bridgehead atoms. The Morgan fingerprint density at radius 1 is 1.50 bits per heavy atom. The summed E-state index contributed by atoms with van der Waals surface area (Å²) in [5, 5.41) is 3.22. The van der Waals surface area contributed by atoms with Crippen molar-refractivity contribution in [3.8, 4) is 0 Å². The van der Waals surface area contributed by atoms with Gasteiger partial charge in [0.15, 0.2) is 0 Å². The van der Waals surface area contributed by atoms with Gasteiger partial charge in [0.1, 0.15) is 0 Å². The van der Waals surface area contributed by atoms with E-state index in [1.807, 2.05) is 0 Å². The molecule has 3 N–H and O–H groups in total. The summed E-state index contributed by atoms with van der Waals surface area (Å²) in [6.45, 7) is 8.83. The molecule has 0 atom stereocenters. The Balaban J connectivity index is 2.51. The summed E-state index contributed by atoms with van der Waals surface area (Å²) in [6, 6.07) is 2.19. The minimum atomic E-state index is -0.258. The molecule has 0 aliphatic heterocycles. The van der Waals surface area contributed by atoms with Crippen LogP contribution in [-0.4, -0.2) is 17.0 Å².